The molecule has 4 nitrogen and oxygen atoms in total. The molecular weight excluding hydrogens is 270 g/mol. The molecule has 0 bridgehead atoms. The van der Waals surface area contributed by atoms with E-state index in [4.69, 9.17) is 17.0 Å². The Hall–Kier alpha value is -1.33. The number of thiocarbonyl (C=S) groups is 1. The Morgan fingerprint density at radius 2 is 2.30 bits per heavy atom. The second-order valence-electron chi connectivity index (χ2n) is 5.41. The van der Waals surface area contributed by atoms with Gasteiger partial charge >= 0.3 is 0 Å². The van der Waals surface area contributed by atoms with Gasteiger partial charge in [-0.15, -0.1) is 0 Å². The van der Waals surface area contributed by atoms with Crippen LogP contribution in [-0.4, -0.2) is 55.2 Å². The van der Waals surface area contributed by atoms with E-state index in [1.54, 1.807) is 7.11 Å². The van der Waals surface area contributed by atoms with E-state index in [1.807, 2.05) is 24.3 Å². The first-order chi connectivity index (χ1) is 9.60. The molecule has 20 heavy (non-hydrogen) atoms. The van der Waals surface area contributed by atoms with Gasteiger partial charge in [-0.25, -0.2) is 0 Å². The van der Waals surface area contributed by atoms with Crippen LogP contribution in [0.3, 0.4) is 0 Å². The lowest BCUT2D eigenvalue weighted by Crippen LogP contribution is -2.43. The number of hydrogen-bond donors (Lipinski definition) is 1. The topological polar surface area (TPSA) is 27.7 Å². The van der Waals surface area contributed by atoms with E-state index in [0.717, 1.165) is 29.6 Å². The maximum Gasteiger partial charge on any atom is 0.173 e. The van der Waals surface area contributed by atoms with Crippen molar-refractivity contribution in [3.8, 4) is 5.75 Å². The maximum atomic E-state index is 5.56. The molecule has 0 spiro atoms. The van der Waals surface area contributed by atoms with Gasteiger partial charge in [0.15, 0.2) is 5.11 Å². The van der Waals surface area contributed by atoms with Crippen LogP contribution in [0.4, 0.5) is 5.69 Å². The zero-order chi connectivity index (χ0) is 14.5. The molecule has 1 fully saturated rings. The molecule has 1 atom stereocenters. The normalized spacial score (nSPS) is 18.4. The zero-order valence-corrected chi connectivity index (χ0v) is 13.2. The van der Waals surface area contributed by atoms with Crippen molar-refractivity contribution in [3.05, 3.63) is 24.3 Å². The molecule has 1 aliphatic rings. The van der Waals surface area contributed by atoms with Crippen molar-refractivity contribution in [2.45, 2.75) is 18.9 Å². The minimum Gasteiger partial charge on any atom is -0.497 e. The number of benzene rings is 1. The summed E-state index contributed by atoms with van der Waals surface area (Å²) in [4.78, 5) is 4.52. The van der Waals surface area contributed by atoms with Crippen LogP contribution in [0, 0.1) is 0 Å². The Balaban J connectivity index is 1.99. The summed E-state index contributed by atoms with van der Waals surface area (Å²) < 4.78 is 5.23. The quantitative estimate of drug-likeness (QED) is 0.861. The van der Waals surface area contributed by atoms with Crippen LogP contribution in [0.25, 0.3) is 0 Å². The highest BCUT2D eigenvalue weighted by molar-refractivity contribution is 7.80. The van der Waals surface area contributed by atoms with Gasteiger partial charge in [-0.2, -0.15) is 0 Å². The fourth-order valence-corrected chi connectivity index (χ4v) is 2.97. The Labute approximate surface area is 126 Å². The lowest BCUT2D eigenvalue weighted by atomic mass is 10.2. The van der Waals surface area contributed by atoms with E-state index in [2.05, 4.69) is 29.2 Å². The van der Waals surface area contributed by atoms with E-state index in [1.165, 1.54) is 12.8 Å². The highest BCUT2D eigenvalue weighted by Gasteiger charge is 2.26. The van der Waals surface area contributed by atoms with Gasteiger partial charge in [0.1, 0.15) is 5.75 Å². The number of rotatable bonds is 4. The summed E-state index contributed by atoms with van der Waals surface area (Å²) in [7, 11) is 5.88. The SMILES string of the molecule is COc1cccc(NC(=S)N2CCCC2CN(C)C)c1. The monoisotopic (exact) mass is 293 g/mol. The van der Waals surface area contributed by atoms with Crippen molar-refractivity contribution in [1.82, 2.24) is 9.80 Å². The number of anilines is 1. The minimum absolute atomic E-state index is 0.510. The van der Waals surface area contributed by atoms with Crippen LogP contribution in [0.2, 0.25) is 0 Å². The molecule has 0 aliphatic carbocycles. The third kappa shape index (κ3) is 3.84. The molecule has 1 N–H and O–H groups in total. The van der Waals surface area contributed by atoms with E-state index >= 15 is 0 Å². The van der Waals surface area contributed by atoms with Gasteiger partial charge in [-0.1, -0.05) is 6.07 Å². The molecule has 110 valence electrons. The molecule has 0 saturated carbocycles. The predicted molar refractivity (Wildman–Crippen MR) is 87.5 cm³/mol. The van der Waals surface area contributed by atoms with E-state index < -0.39 is 0 Å². The van der Waals surface area contributed by atoms with E-state index in [-0.39, 0.29) is 0 Å². The molecule has 1 saturated heterocycles. The second kappa shape index (κ2) is 6.90. The van der Waals surface area contributed by atoms with Gasteiger partial charge in [-0.3, -0.25) is 0 Å². The molecule has 0 radical (unpaired) electrons. The Morgan fingerprint density at radius 1 is 1.50 bits per heavy atom. The first-order valence-corrected chi connectivity index (χ1v) is 7.37. The third-order valence-electron chi connectivity index (χ3n) is 3.53. The van der Waals surface area contributed by atoms with Crippen molar-refractivity contribution >= 4 is 23.0 Å². The summed E-state index contributed by atoms with van der Waals surface area (Å²) in [5, 5.41) is 4.13. The van der Waals surface area contributed by atoms with Crippen molar-refractivity contribution < 1.29 is 4.74 Å². The molecule has 1 heterocycles. The molecule has 1 aromatic carbocycles. The van der Waals surface area contributed by atoms with Gasteiger partial charge in [0.2, 0.25) is 0 Å². The van der Waals surface area contributed by atoms with Gasteiger partial charge in [0.05, 0.1) is 7.11 Å². The molecule has 1 aliphatic heterocycles. The van der Waals surface area contributed by atoms with Crippen molar-refractivity contribution in [2.75, 3.05) is 39.6 Å². The molecule has 2 rings (SSSR count). The summed E-state index contributed by atoms with van der Waals surface area (Å²) in [5.74, 6) is 0.837. The smallest absolute Gasteiger partial charge is 0.173 e. The summed E-state index contributed by atoms with van der Waals surface area (Å²) in [6, 6.07) is 8.37. The summed E-state index contributed by atoms with van der Waals surface area (Å²) in [6.45, 7) is 2.08. The van der Waals surface area contributed by atoms with Crippen molar-refractivity contribution in [2.24, 2.45) is 0 Å². The molecule has 5 heteroatoms. The van der Waals surface area contributed by atoms with Gasteiger partial charge in [-0.05, 0) is 51.3 Å². The molecular formula is C15H23N3OS. The van der Waals surface area contributed by atoms with Crippen LogP contribution in [0.5, 0.6) is 5.75 Å². The first-order valence-electron chi connectivity index (χ1n) is 6.96. The zero-order valence-electron chi connectivity index (χ0n) is 12.4. The fourth-order valence-electron chi connectivity index (χ4n) is 2.61. The molecule has 1 unspecified atom stereocenters. The number of methoxy groups -OCH3 is 1. The lowest BCUT2D eigenvalue weighted by molar-refractivity contribution is 0.288. The standard InChI is InChI=1S/C15H23N3OS/c1-17(2)11-13-7-5-9-18(13)15(20)16-12-6-4-8-14(10-12)19-3/h4,6,8,10,13H,5,7,9,11H2,1-3H3,(H,16,20). The number of likely N-dealkylation sites (N-methyl/N-ethyl adjacent to an activating group) is 1. The van der Waals surface area contributed by atoms with Crippen LogP contribution in [0.1, 0.15) is 12.8 Å². The summed E-state index contributed by atoms with van der Waals surface area (Å²) >= 11 is 5.56. The number of likely N-dealkylation sites (tertiary alicyclic amines) is 1. The van der Waals surface area contributed by atoms with Gasteiger partial charge < -0.3 is 19.9 Å². The molecule has 0 aromatic heterocycles. The Kier molecular flexibility index (Phi) is 5.20. The largest absolute Gasteiger partial charge is 0.497 e. The molecule has 1 aromatic rings. The highest BCUT2D eigenvalue weighted by atomic mass is 32.1. The van der Waals surface area contributed by atoms with E-state index in [0.29, 0.717) is 6.04 Å². The average Bonchev–Trinajstić information content (AvgIpc) is 2.86. The van der Waals surface area contributed by atoms with E-state index in [9.17, 15) is 0 Å². The summed E-state index contributed by atoms with van der Waals surface area (Å²) in [5.41, 5.74) is 0.977. The lowest BCUT2D eigenvalue weighted by Gasteiger charge is -2.29. The van der Waals surface area contributed by atoms with Crippen LogP contribution >= 0.6 is 12.2 Å². The number of ether oxygens (including phenoxy) is 1. The molecule has 0 amide bonds. The van der Waals surface area contributed by atoms with Gasteiger partial charge in [0, 0.05) is 30.9 Å². The Morgan fingerprint density at radius 3 is 3.00 bits per heavy atom. The third-order valence-corrected chi connectivity index (χ3v) is 3.87. The maximum absolute atomic E-state index is 5.56. The predicted octanol–water partition coefficient (Wildman–Crippen LogP) is 2.42. The number of nitrogens with one attached hydrogen (secondary N) is 1. The van der Waals surface area contributed by atoms with Crippen LogP contribution in [0.15, 0.2) is 24.3 Å². The first kappa shape index (κ1) is 15.1. The van der Waals surface area contributed by atoms with Crippen LogP contribution in [-0.2, 0) is 0 Å². The fraction of sp³-hybridized carbons (Fsp3) is 0.533. The number of hydrogen-bond acceptors (Lipinski definition) is 3. The van der Waals surface area contributed by atoms with Gasteiger partial charge in [0.25, 0.3) is 0 Å². The second-order valence-corrected chi connectivity index (χ2v) is 5.80. The minimum atomic E-state index is 0.510. The summed E-state index contributed by atoms with van der Waals surface area (Å²) in [6.07, 6.45) is 2.41. The Bertz CT molecular complexity index is 464. The highest BCUT2D eigenvalue weighted by Crippen LogP contribution is 2.21. The van der Waals surface area contributed by atoms with Crippen molar-refractivity contribution in [3.63, 3.8) is 0 Å². The average molecular weight is 293 g/mol. The number of nitrogens with zero attached hydrogens (tertiary/aromatic N) is 2. The van der Waals surface area contributed by atoms with Crippen LogP contribution < -0.4 is 10.1 Å². The van der Waals surface area contributed by atoms with Crippen molar-refractivity contribution in [1.29, 1.82) is 0 Å².